The lowest BCUT2D eigenvalue weighted by Crippen LogP contribution is -2.48. The molecule has 3 N–H and O–H groups in total. The lowest BCUT2D eigenvalue weighted by molar-refractivity contribution is 0.0934. The highest BCUT2D eigenvalue weighted by atomic mass is 79.9. The summed E-state index contributed by atoms with van der Waals surface area (Å²) in [6.07, 6.45) is 1.99. The molecule has 30 heavy (non-hydrogen) atoms. The van der Waals surface area contributed by atoms with Crippen LogP contribution in [0.3, 0.4) is 0 Å². The minimum absolute atomic E-state index is 0.0414. The third kappa shape index (κ3) is 6.96. The number of methoxy groups -OCH3 is 1. The largest absolute Gasteiger partial charge is 0.496 e. The van der Waals surface area contributed by atoms with Gasteiger partial charge in [-0.3, -0.25) is 25.8 Å². The van der Waals surface area contributed by atoms with E-state index in [1.54, 1.807) is 36.4 Å². The van der Waals surface area contributed by atoms with Crippen LogP contribution in [-0.4, -0.2) is 30.6 Å². The monoisotopic (exact) mass is 557 g/mol. The summed E-state index contributed by atoms with van der Waals surface area (Å²) in [4.78, 5) is 24.6. The fraction of sp³-hybridized carbons (Fsp3) is 0.250. The number of hydrogen-bond acceptors (Lipinski definition) is 5. The number of nitrogens with one attached hydrogen (secondary N) is 3. The topological polar surface area (TPSA) is 88.7 Å². The first-order valence-electron chi connectivity index (χ1n) is 9.03. The molecule has 0 fully saturated rings. The second-order valence-corrected chi connectivity index (χ2v) is 8.18. The molecule has 0 radical (unpaired) electrons. The Hall–Kier alpha value is -2.17. The molecule has 10 heteroatoms. The van der Waals surface area contributed by atoms with Gasteiger partial charge >= 0.3 is 0 Å². The molecule has 0 saturated carbocycles. The Labute approximate surface area is 197 Å². The molecular weight excluding hydrogens is 538 g/mol. The predicted octanol–water partition coefficient (Wildman–Crippen LogP) is 4.35. The first-order chi connectivity index (χ1) is 14.3. The van der Waals surface area contributed by atoms with Gasteiger partial charge in [0.1, 0.15) is 11.5 Å². The number of benzene rings is 2. The lowest BCUT2D eigenvalue weighted by Gasteiger charge is -2.12. The second kappa shape index (κ2) is 11.9. The van der Waals surface area contributed by atoms with E-state index in [0.717, 1.165) is 12.8 Å². The molecule has 0 heterocycles. The highest BCUT2D eigenvalue weighted by Crippen LogP contribution is 2.26. The molecule has 0 aromatic heterocycles. The number of unbranched alkanes of at least 4 members (excludes halogenated alkanes) is 1. The first kappa shape index (κ1) is 24.1. The molecule has 0 unspecified atom stereocenters. The summed E-state index contributed by atoms with van der Waals surface area (Å²) in [5.74, 6) is 0.426. The molecule has 0 aliphatic rings. The Kier molecular flexibility index (Phi) is 9.54. The van der Waals surface area contributed by atoms with Gasteiger partial charge in [0.2, 0.25) is 0 Å². The quantitative estimate of drug-likeness (QED) is 0.266. The van der Waals surface area contributed by atoms with Crippen LogP contribution >= 0.6 is 44.1 Å². The van der Waals surface area contributed by atoms with Gasteiger partial charge < -0.3 is 9.47 Å². The molecular formula is C20H21Br2N3O4S. The van der Waals surface area contributed by atoms with Crippen molar-refractivity contribution in [2.45, 2.75) is 19.8 Å². The number of ether oxygens (including phenoxy) is 2. The van der Waals surface area contributed by atoms with Gasteiger partial charge in [-0.15, -0.1) is 0 Å². The van der Waals surface area contributed by atoms with E-state index in [2.05, 4.69) is 55.0 Å². The molecule has 0 atom stereocenters. The van der Waals surface area contributed by atoms with Crippen LogP contribution in [0.5, 0.6) is 11.5 Å². The Balaban J connectivity index is 1.88. The van der Waals surface area contributed by atoms with Gasteiger partial charge in [-0.1, -0.05) is 13.3 Å². The third-order valence-electron chi connectivity index (χ3n) is 3.88. The number of thiocarbonyl (C=S) groups is 1. The smallest absolute Gasteiger partial charge is 0.269 e. The average molecular weight is 559 g/mol. The van der Waals surface area contributed by atoms with E-state index in [0.29, 0.717) is 38.2 Å². The molecule has 2 rings (SSSR count). The number of halogens is 2. The van der Waals surface area contributed by atoms with E-state index in [-0.39, 0.29) is 5.11 Å². The third-order valence-corrected chi connectivity index (χ3v) is 5.32. The summed E-state index contributed by atoms with van der Waals surface area (Å²) in [5, 5.41) is 2.47. The van der Waals surface area contributed by atoms with Crippen LogP contribution in [0.25, 0.3) is 0 Å². The molecule has 0 aliphatic carbocycles. The summed E-state index contributed by atoms with van der Waals surface area (Å²) < 4.78 is 12.1. The fourth-order valence-electron chi connectivity index (χ4n) is 2.29. The van der Waals surface area contributed by atoms with E-state index in [1.807, 2.05) is 0 Å². The molecule has 2 aromatic carbocycles. The van der Waals surface area contributed by atoms with Crippen molar-refractivity contribution in [2.75, 3.05) is 13.7 Å². The molecule has 2 amide bonds. The van der Waals surface area contributed by atoms with Crippen LogP contribution in [0.4, 0.5) is 0 Å². The van der Waals surface area contributed by atoms with Crippen molar-refractivity contribution in [1.29, 1.82) is 0 Å². The number of rotatable bonds is 7. The Morgan fingerprint density at radius 1 is 0.967 bits per heavy atom. The normalized spacial score (nSPS) is 10.1. The molecule has 160 valence electrons. The van der Waals surface area contributed by atoms with Crippen LogP contribution in [0.15, 0.2) is 45.3 Å². The van der Waals surface area contributed by atoms with Crippen molar-refractivity contribution in [2.24, 2.45) is 0 Å². The maximum Gasteiger partial charge on any atom is 0.269 e. The maximum absolute atomic E-state index is 12.4. The van der Waals surface area contributed by atoms with Crippen LogP contribution in [-0.2, 0) is 0 Å². The second-order valence-electron chi connectivity index (χ2n) is 6.06. The summed E-state index contributed by atoms with van der Waals surface area (Å²) in [5.41, 5.74) is 5.71. The number of amides is 2. The Morgan fingerprint density at radius 3 is 2.13 bits per heavy atom. The van der Waals surface area contributed by atoms with E-state index in [9.17, 15) is 9.59 Å². The van der Waals surface area contributed by atoms with Gasteiger partial charge in [0, 0.05) is 11.1 Å². The van der Waals surface area contributed by atoms with Crippen molar-refractivity contribution in [1.82, 2.24) is 16.2 Å². The minimum atomic E-state index is -0.425. The lowest BCUT2D eigenvalue weighted by atomic mass is 10.2. The van der Waals surface area contributed by atoms with E-state index >= 15 is 0 Å². The van der Waals surface area contributed by atoms with Crippen LogP contribution in [0.1, 0.15) is 40.5 Å². The van der Waals surface area contributed by atoms with Crippen LogP contribution in [0, 0.1) is 0 Å². The van der Waals surface area contributed by atoms with E-state index < -0.39 is 11.8 Å². The fourth-order valence-corrected chi connectivity index (χ4v) is 3.46. The average Bonchev–Trinajstić information content (AvgIpc) is 2.73. The Bertz CT molecular complexity index is 940. The van der Waals surface area contributed by atoms with Gasteiger partial charge in [0.05, 0.1) is 22.7 Å². The Morgan fingerprint density at radius 2 is 1.57 bits per heavy atom. The highest BCUT2D eigenvalue weighted by molar-refractivity contribution is 9.10. The number of carbonyl (C=O) groups excluding carboxylic acids is 2. The van der Waals surface area contributed by atoms with Gasteiger partial charge in [0.25, 0.3) is 11.8 Å². The number of carbonyl (C=O) groups is 2. The van der Waals surface area contributed by atoms with Crippen molar-refractivity contribution in [3.05, 3.63) is 56.5 Å². The predicted molar refractivity (Wildman–Crippen MR) is 126 cm³/mol. The van der Waals surface area contributed by atoms with Gasteiger partial charge in [-0.25, -0.2) is 0 Å². The zero-order valence-corrected chi connectivity index (χ0v) is 20.4. The summed E-state index contributed by atoms with van der Waals surface area (Å²) >= 11 is 11.8. The maximum atomic E-state index is 12.4. The van der Waals surface area contributed by atoms with Crippen molar-refractivity contribution >= 4 is 61.0 Å². The molecule has 0 spiro atoms. The molecule has 2 aromatic rings. The van der Waals surface area contributed by atoms with Crippen molar-refractivity contribution < 1.29 is 19.1 Å². The molecule has 0 aliphatic heterocycles. The first-order valence-corrected chi connectivity index (χ1v) is 11.0. The van der Waals surface area contributed by atoms with Gasteiger partial charge in [-0.2, -0.15) is 0 Å². The summed E-state index contributed by atoms with van der Waals surface area (Å²) in [6, 6.07) is 9.87. The molecule has 7 nitrogen and oxygen atoms in total. The van der Waals surface area contributed by atoms with E-state index in [4.69, 9.17) is 21.7 Å². The standard InChI is InChI=1S/C20H21Br2N3O4S/c1-3-4-9-29-17-8-6-12(10-15(17)22)18(26)23-20(30)25-24-19(27)13-5-7-16(28-2)14(21)11-13/h5-8,10-11H,3-4,9H2,1-2H3,(H,24,27)(H2,23,25,26,30). The van der Waals surface area contributed by atoms with Crippen molar-refractivity contribution in [3.63, 3.8) is 0 Å². The summed E-state index contributed by atoms with van der Waals surface area (Å²) in [6.45, 7) is 2.69. The molecule has 0 bridgehead atoms. The molecule has 0 saturated heterocycles. The number of hydrazine groups is 1. The zero-order valence-electron chi connectivity index (χ0n) is 16.4. The SMILES string of the molecule is CCCCOc1ccc(C(=O)NC(=S)NNC(=O)c2ccc(OC)c(Br)c2)cc1Br. The number of hydrogen-bond donors (Lipinski definition) is 3. The zero-order chi connectivity index (χ0) is 22.1. The minimum Gasteiger partial charge on any atom is -0.496 e. The van der Waals surface area contributed by atoms with Crippen molar-refractivity contribution in [3.8, 4) is 11.5 Å². The summed E-state index contributed by atoms with van der Waals surface area (Å²) in [7, 11) is 1.54. The van der Waals surface area contributed by atoms with Gasteiger partial charge in [-0.05, 0) is 86.9 Å². The van der Waals surface area contributed by atoms with E-state index in [1.165, 1.54) is 7.11 Å². The van der Waals surface area contributed by atoms with Crippen LogP contribution in [0.2, 0.25) is 0 Å². The van der Waals surface area contributed by atoms with Gasteiger partial charge in [0.15, 0.2) is 5.11 Å². The highest BCUT2D eigenvalue weighted by Gasteiger charge is 2.13. The van der Waals surface area contributed by atoms with Crippen LogP contribution < -0.4 is 25.6 Å².